The average molecular weight is 310 g/mol. The molecule has 0 atom stereocenters. The van der Waals surface area contributed by atoms with Gasteiger partial charge in [0.1, 0.15) is 5.75 Å². The predicted molar refractivity (Wildman–Crippen MR) is 81.8 cm³/mol. The van der Waals surface area contributed by atoms with Crippen molar-refractivity contribution >= 4 is 17.7 Å². The summed E-state index contributed by atoms with van der Waals surface area (Å²) in [7, 11) is 0. The van der Waals surface area contributed by atoms with Crippen LogP contribution < -0.4 is 15.4 Å². The summed E-state index contributed by atoms with van der Waals surface area (Å²) >= 11 is 0. The van der Waals surface area contributed by atoms with Gasteiger partial charge >= 0.3 is 12.0 Å². The summed E-state index contributed by atoms with van der Waals surface area (Å²) in [6.07, 6.45) is -0.479. The van der Waals surface area contributed by atoms with E-state index in [9.17, 15) is 9.59 Å². The zero-order chi connectivity index (χ0) is 16.4. The fraction of sp³-hybridized carbons (Fsp3) is 0.467. The first-order chi connectivity index (χ1) is 10.5. The number of nitrogens with one attached hydrogen (secondary N) is 2. The molecule has 1 aromatic rings. The molecule has 0 heterocycles. The number of hydrogen-bond donors (Lipinski definition) is 2. The van der Waals surface area contributed by atoms with Gasteiger partial charge in [0.2, 0.25) is 0 Å². The Morgan fingerprint density at radius 1 is 1.18 bits per heavy atom. The van der Waals surface area contributed by atoms with Crippen LogP contribution in [-0.4, -0.2) is 38.0 Å². The lowest BCUT2D eigenvalue weighted by molar-refractivity contribution is -0.132. The molecule has 0 saturated carbocycles. The van der Waals surface area contributed by atoms with Gasteiger partial charge in [-0.15, -0.1) is 0 Å². The van der Waals surface area contributed by atoms with Gasteiger partial charge in [-0.25, -0.2) is 4.79 Å². The van der Waals surface area contributed by atoms with Crippen molar-refractivity contribution in [2.45, 2.75) is 27.1 Å². The topological polar surface area (TPSA) is 85.9 Å². The van der Waals surface area contributed by atoms with E-state index >= 15 is 0 Å². The van der Waals surface area contributed by atoms with Crippen LogP contribution in [0.5, 0.6) is 5.75 Å². The number of anilines is 1. The summed E-state index contributed by atoms with van der Waals surface area (Å²) in [6.45, 7) is 6.25. The number of hydrogen-bond acceptors (Lipinski definition) is 5. The second-order valence-electron chi connectivity index (χ2n) is 4.30. The standard InChI is InChI=1S/C15H22N2O5/c1-4-20-14(21-5-2)10-16-15(19)17-12-7-6-8-13(9-12)22-11(3)18/h6-9,14H,4-5,10H2,1-3H3,(H2,16,17,19). The van der Waals surface area contributed by atoms with Gasteiger partial charge in [0.15, 0.2) is 6.29 Å². The molecule has 0 fully saturated rings. The molecule has 0 aliphatic rings. The smallest absolute Gasteiger partial charge is 0.319 e. The average Bonchev–Trinajstić information content (AvgIpc) is 2.45. The van der Waals surface area contributed by atoms with E-state index in [-0.39, 0.29) is 6.54 Å². The number of carbonyl (C=O) groups excluding carboxylic acids is 2. The second kappa shape index (κ2) is 9.75. The molecule has 0 saturated heterocycles. The first-order valence-electron chi connectivity index (χ1n) is 7.11. The number of ether oxygens (including phenoxy) is 3. The minimum absolute atomic E-state index is 0.233. The van der Waals surface area contributed by atoms with Crippen molar-refractivity contribution in [3.63, 3.8) is 0 Å². The Labute approximate surface area is 129 Å². The van der Waals surface area contributed by atoms with E-state index in [0.29, 0.717) is 24.7 Å². The predicted octanol–water partition coefficient (Wildman–Crippen LogP) is 2.13. The van der Waals surface area contributed by atoms with Crippen LogP contribution in [-0.2, 0) is 14.3 Å². The first-order valence-corrected chi connectivity index (χ1v) is 7.11. The van der Waals surface area contributed by atoms with E-state index in [1.54, 1.807) is 24.3 Å². The number of carbonyl (C=O) groups is 2. The largest absolute Gasteiger partial charge is 0.427 e. The highest BCUT2D eigenvalue weighted by atomic mass is 16.7. The molecule has 7 nitrogen and oxygen atoms in total. The normalized spacial score (nSPS) is 10.4. The molecule has 0 aliphatic carbocycles. The van der Waals surface area contributed by atoms with Crippen LogP contribution in [0.3, 0.4) is 0 Å². The van der Waals surface area contributed by atoms with Gasteiger partial charge in [-0.2, -0.15) is 0 Å². The highest BCUT2D eigenvalue weighted by molar-refractivity contribution is 5.89. The molecule has 0 unspecified atom stereocenters. The lowest BCUT2D eigenvalue weighted by Gasteiger charge is -2.17. The summed E-state index contributed by atoms with van der Waals surface area (Å²) in [5.41, 5.74) is 0.514. The Morgan fingerprint density at radius 2 is 1.86 bits per heavy atom. The highest BCUT2D eigenvalue weighted by Gasteiger charge is 2.10. The van der Waals surface area contributed by atoms with Gasteiger partial charge in [-0.3, -0.25) is 4.79 Å². The van der Waals surface area contributed by atoms with E-state index in [1.165, 1.54) is 6.92 Å². The molecule has 0 aliphatic heterocycles. The van der Waals surface area contributed by atoms with E-state index < -0.39 is 18.3 Å². The van der Waals surface area contributed by atoms with Crippen LogP contribution in [0.1, 0.15) is 20.8 Å². The molecule has 2 amide bonds. The summed E-state index contributed by atoms with van der Waals surface area (Å²) in [5.74, 6) is -0.0512. The van der Waals surface area contributed by atoms with E-state index in [1.807, 2.05) is 13.8 Å². The van der Waals surface area contributed by atoms with Crippen LogP contribution >= 0.6 is 0 Å². The zero-order valence-electron chi connectivity index (χ0n) is 13.0. The molecule has 0 radical (unpaired) electrons. The zero-order valence-corrected chi connectivity index (χ0v) is 13.0. The molecule has 2 N–H and O–H groups in total. The molecule has 0 aromatic heterocycles. The second-order valence-corrected chi connectivity index (χ2v) is 4.30. The third-order valence-electron chi connectivity index (χ3n) is 2.49. The highest BCUT2D eigenvalue weighted by Crippen LogP contribution is 2.17. The van der Waals surface area contributed by atoms with Gasteiger partial charge in [0, 0.05) is 31.9 Å². The monoisotopic (exact) mass is 310 g/mol. The van der Waals surface area contributed by atoms with Crippen LogP contribution in [0, 0.1) is 0 Å². The van der Waals surface area contributed by atoms with E-state index in [2.05, 4.69) is 10.6 Å². The van der Waals surface area contributed by atoms with Gasteiger partial charge in [-0.05, 0) is 26.0 Å². The van der Waals surface area contributed by atoms with Crippen LogP contribution in [0.4, 0.5) is 10.5 Å². The Balaban J connectivity index is 2.48. The first kappa shape index (κ1) is 17.9. The van der Waals surface area contributed by atoms with Crippen molar-refractivity contribution in [1.82, 2.24) is 5.32 Å². The van der Waals surface area contributed by atoms with Crippen molar-refractivity contribution < 1.29 is 23.8 Å². The van der Waals surface area contributed by atoms with Crippen molar-refractivity contribution in [3.05, 3.63) is 24.3 Å². The van der Waals surface area contributed by atoms with Crippen molar-refractivity contribution in [2.24, 2.45) is 0 Å². The van der Waals surface area contributed by atoms with Crippen molar-refractivity contribution in [2.75, 3.05) is 25.1 Å². The Bertz CT molecular complexity index is 487. The number of esters is 1. The molecule has 1 rings (SSSR count). The summed E-state index contributed by atoms with van der Waals surface area (Å²) in [4.78, 5) is 22.7. The lowest BCUT2D eigenvalue weighted by Crippen LogP contribution is -2.37. The molecule has 1 aromatic carbocycles. The van der Waals surface area contributed by atoms with Crippen molar-refractivity contribution in [1.29, 1.82) is 0 Å². The third kappa shape index (κ3) is 7.05. The van der Waals surface area contributed by atoms with Gasteiger partial charge in [0.25, 0.3) is 0 Å². The summed E-state index contributed by atoms with van der Waals surface area (Å²) in [6, 6.07) is 6.16. The number of urea groups is 1. The molecular weight excluding hydrogens is 288 g/mol. The SMILES string of the molecule is CCOC(CNC(=O)Nc1cccc(OC(C)=O)c1)OCC. The summed E-state index contributed by atoms with van der Waals surface area (Å²) in [5, 5.41) is 5.30. The quantitative estimate of drug-likeness (QED) is 0.436. The third-order valence-corrected chi connectivity index (χ3v) is 2.49. The van der Waals surface area contributed by atoms with E-state index in [4.69, 9.17) is 14.2 Å². The van der Waals surface area contributed by atoms with Gasteiger partial charge < -0.3 is 24.8 Å². The minimum Gasteiger partial charge on any atom is -0.427 e. The maximum atomic E-state index is 11.8. The maximum absolute atomic E-state index is 11.8. The fourth-order valence-corrected chi connectivity index (χ4v) is 1.69. The minimum atomic E-state index is -0.479. The number of amides is 2. The molecule has 0 bridgehead atoms. The lowest BCUT2D eigenvalue weighted by atomic mass is 10.3. The van der Waals surface area contributed by atoms with E-state index in [0.717, 1.165) is 0 Å². The maximum Gasteiger partial charge on any atom is 0.319 e. The molecule has 22 heavy (non-hydrogen) atoms. The molecule has 7 heteroatoms. The Hall–Kier alpha value is -2.12. The van der Waals surface area contributed by atoms with Crippen LogP contribution in [0.25, 0.3) is 0 Å². The molecule has 0 spiro atoms. The summed E-state index contributed by atoms with van der Waals surface area (Å²) < 4.78 is 15.6. The number of benzene rings is 1. The van der Waals surface area contributed by atoms with Crippen molar-refractivity contribution in [3.8, 4) is 5.75 Å². The number of rotatable bonds is 8. The fourth-order valence-electron chi connectivity index (χ4n) is 1.69. The molecule has 122 valence electrons. The Morgan fingerprint density at radius 3 is 2.45 bits per heavy atom. The molecular formula is C15H22N2O5. The Kier molecular flexibility index (Phi) is 7.95. The van der Waals surface area contributed by atoms with Crippen LogP contribution in [0.2, 0.25) is 0 Å². The van der Waals surface area contributed by atoms with Gasteiger partial charge in [0.05, 0.1) is 6.54 Å². The van der Waals surface area contributed by atoms with Gasteiger partial charge in [-0.1, -0.05) is 6.07 Å². The van der Waals surface area contributed by atoms with Crippen LogP contribution in [0.15, 0.2) is 24.3 Å².